The van der Waals surface area contributed by atoms with E-state index < -0.39 is 0 Å². The Kier molecular flexibility index (Phi) is 8.22. The molecule has 8 heteroatoms. The summed E-state index contributed by atoms with van der Waals surface area (Å²) in [5.41, 5.74) is 4.71. The Balaban J connectivity index is 0.820. The first-order valence-electron chi connectivity index (χ1n) is 30.3. The summed E-state index contributed by atoms with van der Waals surface area (Å²) in [6, 6.07) is 34.5. The molecule has 2 aromatic carbocycles. The predicted molar refractivity (Wildman–Crippen MR) is 276 cm³/mol. The van der Waals surface area contributed by atoms with E-state index in [-0.39, 0.29) is 0 Å². The van der Waals surface area contributed by atoms with Gasteiger partial charge >= 0.3 is 0 Å². The van der Waals surface area contributed by atoms with E-state index in [2.05, 4.69) is 86.3 Å². The maximum atomic E-state index is 5.68. The third kappa shape index (κ3) is 4.93. The molecule has 0 N–H and O–H groups in total. The van der Waals surface area contributed by atoms with E-state index in [4.69, 9.17) is 9.97 Å². The fourth-order valence-electron chi connectivity index (χ4n) is 25.8. The van der Waals surface area contributed by atoms with Crippen molar-refractivity contribution in [2.24, 2.45) is 35.5 Å². The van der Waals surface area contributed by atoms with Crippen LogP contribution in [0.25, 0.3) is 22.5 Å². The zero-order chi connectivity index (χ0) is 44.1. The van der Waals surface area contributed by atoms with Gasteiger partial charge in [-0.25, -0.2) is 9.97 Å². The van der Waals surface area contributed by atoms with Crippen LogP contribution in [0, 0.1) is 35.5 Å². The number of rotatable bonds is 3. The van der Waals surface area contributed by atoms with Crippen LogP contribution in [0.4, 0.5) is 0 Å². The summed E-state index contributed by atoms with van der Waals surface area (Å²) >= 11 is 0. The summed E-state index contributed by atoms with van der Waals surface area (Å²) in [5, 5.41) is 0. The Labute approximate surface area is 413 Å². The van der Waals surface area contributed by atoms with Crippen molar-refractivity contribution in [3.8, 4) is 22.5 Å². The highest BCUT2D eigenvalue weighted by molar-refractivity contribution is 6.67. The number of hydrogen-bond donors (Lipinski definition) is 0. The summed E-state index contributed by atoms with van der Waals surface area (Å²) in [5.74, 6) is 13.0. The van der Waals surface area contributed by atoms with Crippen molar-refractivity contribution < 1.29 is 0 Å². The molecule has 19 rings (SSSR count). The van der Waals surface area contributed by atoms with Crippen molar-refractivity contribution in [2.75, 3.05) is 0 Å². The molecule has 0 radical (unpaired) electrons. The van der Waals surface area contributed by atoms with Crippen LogP contribution in [-0.2, 0) is 0 Å². The van der Waals surface area contributed by atoms with Gasteiger partial charge in [0.15, 0.2) is 13.4 Å². The van der Waals surface area contributed by atoms with Crippen LogP contribution in [0.5, 0.6) is 0 Å². The van der Waals surface area contributed by atoms with Crippen LogP contribution < -0.4 is 0 Å². The van der Waals surface area contributed by atoms with E-state index in [1.54, 1.807) is 51.4 Å². The Morgan fingerprint density at radius 3 is 1.46 bits per heavy atom. The van der Waals surface area contributed by atoms with Gasteiger partial charge in [-0.2, -0.15) is 0 Å². The van der Waals surface area contributed by atoms with Gasteiger partial charge in [-0.3, -0.25) is 19.6 Å². The fraction of sp³-hybridized carbons (Fsp3) is 0.738. The third-order valence-corrected chi connectivity index (χ3v) is 26.6. The predicted octanol–water partition coefficient (Wildman–Crippen LogP) is 11.5. The van der Waals surface area contributed by atoms with Crippen LogP contribution in [0.3, 0.4) is 0 Å². The van der Waals surface area contributed by atoms with Gasteiger partial charge in [0, 0.05) is 89.5 Å². The summed E-state index contributed by atoms with van der Waals surface area (Å²) in [6.07, 6.45) is 30.2. The molecule has 69 heavy (non-hydrogen) atoms. The number of nitrogens with zero attached hydrogens (tertiary/aromatic N) is 6. The lowest BCUT2D eigenvalue weighted by Crippen LogP contribution is -2.94. The Morgan fingerprint density at radius 1 is 0.362 bits per heavy atom. The molecule has 16 fully saturated rings. The van der Waals surface area contributed by atoms with Gasteiger partial charge in [-0.05, 0) is 160 Å². The molecular formula is C61H76B2N6. The molecule has 0 amide bonds. The molecule has 3 aromatic rings. The van der Waals surface area contributed by atoms with E-state index in [0.717, 1.165) is 168 Å². The third-order valence-electron chi connectivity index (χ3n) is 26.6. The zero-order valence-corrected chi connectivity index (χ0v) is 41.3. The maximum Gasteiger partial charge on any atom is 0.157 e. The molecule has 9 saturated heterocycles. The number of piperazine rings is 2. The summed E-state index contributed by atoms with van der Waals surface area (Å²) in [6.45, 7) is 1.89. The minimum atomic E-state index is 0.435. The first-order chi connectivity index (χ1) is 34.2. The molecule has 356 valence electrons. The topological polar surface area (TPSA) is 38.7 Å². The van der Waals surface area contributed by atoms with Gasteiger partial charge in [0.1, 0.15) is 5.82 Å². The largest absolute Gasteiger partial charge is 0.292 e. The SMILES string of the molecule is c1ccc(-c2cc(-c3ccccc3)nc(C3CCC4C(C3)B3C5CCCCC5N5C6CCCC7CC8CCC9CC%10CCC%11CC%12CCCC%13C%12N%12C%11C%10B%10C9C8N(C76)C6C%10C%12C(C3C65)N4%13)n2)cc1. The highest BCUT2D eigenvalue weighted by Gasteiger charge is 2.82. The molecule has 7 saturated carbocycles. The smallest absolute Gasteiger partial charge is 0.157 e. The Bertz CT molecular complexity index is 2480. The molecule has 25 atom stereocenters. The lowest BCUT2D eigenvalue weighted by Gasteiger charge is -2.86. The standard InChI is InChI=1S/C61H76B2N6/c1-3-11-32(12-4-1)43-31-44(33-13-5-2-6-14-33)65-61(64-43)40-25-26-46-42(30-40)62-41-17-7-8-18-45(41)66-47-19-9-15-36-28-38-23-21-34-27-35-22-24-39-29-37-16-10-20-48-54(37)69-56(39)50(35)63-49(34)55(38)68(53(36)47)59-52(63)60(69)58(67(46)48)51(62)57(59)66/h1-6,11-14,31,34-42,45-60H,7-10,15-30H2. The normalized spacial score (nSPS) is 53.1. The molecule has 0 bridgehead atoms. The van der Waals surface area contributed by atoms with E-state index in [9.17, 15) is 0 Å². The highest BCUT2D eigenvalue weighted by atomic mass is 15.5. The van der Waals surface area contributed by atoms with Crippen LogP contribution in [0.2, 0.25) is 34.9 Å². The first kappa shape index (κ1) is 39.9. The van der Waals surface area contributed by atoms with Crippen molar-refractivity contribution in [1.82, 2.24) is 29.6 Å². The van der Waals surface area contributed by atoms with Crippen LogP contribution in [0.1, 0.15) is 140 Å². The van der Waals surface area contributed by atoms with Crippen molar-refractivity contribution in [2.45, 2.75) is 242 Å². The molecule has 25 unspecified atom stereocenters. The molecule has 16 aliphatic rings. The summed E-state index contributed by atoms with van der Waals surface area (Å²) < 4.78 is 0. The van der Waals surface area contributed by atoms with Crippen molar-refractivity contribution in [1.29, 1.82) is 0 Å². The molecule has 6 nitrogen and oxygen atoms in total. The minimum Gasteiger partial charge on any atom is -0.292 e. The summed E-state index contributed by atoms with van der Waals surface area (Å²) in [7, 11) is 0. The monoisotopic (exact) mass is 915 g/mol. The number of hydrogen-bond acceptors (Lipinski definition) is 6. The number of fused-ring (bicyclic) bond motifs is 8. The van der Waals surface area contributed by atoms with Crippen molar-refractivity contribution >= 4 is 13.4 Å². The zero-order valence-electron chi connectivity index (χ0n) is 41.3. The van der Waals surface area contributed by atoms with Crippen LogP contribution in [-0.4, -0.2) is 115 Å². The van der Waals surface area contributed by atoms with E-state index >= 15 is 0 Å². The number of aromatic nitrogens is 2. The van der Waals surface area contributed by atoms with Crippen molar-refractivity contribution in [3.63, 3.8) is 0 Å². The van der Waals surface area contributed by atoms with Gasteiger partial charge in [0.25, 0.3) is 0 Å². The van der Waals surface area contributed by atoms with Gasteiger partial charge in [-0.1, -0.05) is 106 Å². The molecule has 0 spiro atoms. The first-order valence-corrected chi connectivity index (χ1v) is 30.3. The fourth-order valence-corrected chi connectivity index (χ4v) is 25.8. The van der Waals surface area contributed by atoms with Gasteiger partial charge in [0.2, 0.25) is 0 Å². The Morgan fingerprint density at radius 2 is 0.855 bits per heavy atom. The van der Waals surface area contributed by atoms with E-state index in [1.807, 2.05) is 0 Å². The molecule has 1 aromatic heterocycles. The lowest BCUT2D eigenvalue weighted by atomic mass is 9.10. The van der Waals surface area contributed by atoms with Gasteiger partial charge in [-0.15, -0.1) is 0 Å². The number of piperidine rings is 2. The second-order valence-corrected chi connectivity index (χ2v) is 28.1. The Hall–Kier alpha value is -2.51. The van der Waals surface area contributed by atoms with E-state index in [1.165, 1.54) is 94.0 Å². The second kappa shape index (κ2) is 14.2. The molecule has 10 heterocycles. The van der Waals surface area contributed by atoms with Gasteiger partial charge in [0.05, 0.1) is 11.4 Å². The second-order valence-electron chi connectivity index (χ2n) is 28.1. The average Bonchev–Trinajstić information content (AvgIpc) is 3.41. The number of benzene rings is 2. The average molecular weight is 915 g/mol. The van der Waals surface area contributed by atoms with Crippen molar-refractivity contribution in [3.05, 3.63) is 72.6 Å². The molecule has 9 aliphatic heterocycles. The molecule has 7 aliphatic carbocycles. The lowest BCUT2D eigenvalue weighted by molar-refractivity contribution is -0.253. The maximum absolute atomic E-state index is 5.68. The quantitative estimate of drug-likeness (QED) is 0.244. The minimum absolute atomic E-state index is 0.435. The highest BCUT2D eigenvalue weighted by Crippen LogP contribution is 2.77. The van der Waals surface area contributed by atoms with Gasteiger partial charge < -0.3 is 0 Å². The summed E-state index contributed by atoms with van der Waals surface area (Å²) in [4.78, 5) is 25.9. The van der Waals surface area contributed by atoms with E-state index in [0.29, 0.717) is 5.92 Å². The molecular weight excluding hydrogens is 838 g/mol. The van der Waals surface area contributed by atoms with Crippen LogP contribution in [0.15, 0.2) is 66.7 Å². The van der Waals surface area contributed by atoms with Crippen LogP contribution >= 0.6 is 0 Å².